The highest BCUT2D eigenvalue weighted by Gasteiger charge is 2.55. The van der Waals surface area contributed by atoms with Crippen LogP contribution in [0.25, 0.3) is 0 Å². The summed E-state index contributed by atoms with van der Waals surface area (Å²) in [5.74, 6) is -0.340. The van der Waals surface area contributed by atoms with Gasteiger partial charge in [0, 0.05) is 0 Å². The normalized spacial score (nSPS) is 53.6. The number of rotatable bonds is 0. The van der Waals surface area contributed by atoms with Crippen LogP contribution in [0, 0.1) is 0 Å². The van der Waals surface area contributed by atoms with Gasteiger partial charge in [-0.1, -0.05) is 0 Å². The van der Waals surface area contributed by atoms with Crippen LogP contribution in [0.5, 0.6) is 0 Å². The van der Waals surface area contributed by atoms with Crippen molar-refractivity contribution in [3.8, 4) is 0 Å². The van der Waals surface area contributed by atoms with Crippen LogP contribution in [-0.2, 0) is 14.6 Å². The Bertz CT molecular complexity index is 309. The lowest BCUT2D eigenvalue weighted by Gasteiger charge is -2.32. The summed E-state index contributed by atoms with van der Waals surface area (Å²) in [5.41, 5.74) is -1.38. The fourth-order valence-corrected chi connectivity index (χ4v) is 3.50. The minimum Gasteiger partial charge on any atom is -0.388 e. The van der Waals surface area contributed by atoms with E-state index < -0.39 is 39.7 Å². The van der Waals surface area contributed by atoms with Gasteiger partial charge in [0.05, 0.1) is 5.75 Å². The zero-order valence-corrected chi connectivity index (χ0v) is 7.38. The van der Waals surface area contributed by atoms with Crippen LogP contribution in [0.4, 0.5) is 0 Å². The first-order valence-corrected chi connectivity index (χ1v) is 5.56. The summed E-state index contributed by atoms with van der Waals surface area (Å²) in [6.07, 6.45) is -5.24. The number of hydrogen-bond acceptors (Lipinski definition) is 6. The quantitative estimate of drug-likeness (QED) is 0.399. The maximum atomic E-state index is 11.2. The Kier molecular flexibility index (Phi) is 1.90. The van der Waals surface area contributed by atoms with Crippen LogP contribution in [0.2, 0.25) is 0 Å². The van der Waals surface area contributed by atoms with Gasteiger partial charge in [-0.05, 0) is 0 Å². The van der Waals surface area contributed by atoms with Crippen LogP contribution in [0.3, 0.4) is 0 Å². The van der Waals surface area contributed by atoms with Gasteiger partial charge in [-0.3, -0.25) is 0 Å². The third kappa shape index (κ3) is 1.19. The second-order valence-corrected chi connectivity index (χ2v) is 5.47. The predicted octanol–water partition coefficient (Wildman–Crippen LogP) is -2.78. The molecular weight excluding hydrogens is 200 g/mol. The summed E-state index contributed by atoms with van der Waals surface area (Å²) >= 11 is 0. The SMILES string of the molecule is O=S1(=O)C[C@H]2O[C@@H]1[C@H](O)[C@@H](O)[C@@H]2O. The molecule has 7 heteroatoms. The second-order valence-electron chi connectivity index (χ2n) is 3.34. The number of aliphatic hydroxyl groups excluding tert-OH is 3. The van der Waals surface area contributed by atoms with Crippen LogP contribution in [-0.4, -0.2) is 59.3 Å². The van der Waals surface area contributed by atoms with Gasteiger partial charge in [-0.25, -0.2) is 8.42 Å². The third-order valence-corrected chi connectivity index (χ3v) is 4.31. The lowest BCUT2D eigenvalue weighted by atomic mass is 10.0. The fraction of sp³-hybridized carbons (Fsp3) is 1.00. The van der Waals surface area contributed by atoms with E-state index in [2.05, 4.69) is 0 Å². The molecule has 0 saturated carbocycles. The van der Waals surface area contributed by atoms with E-state index in [1.807, 2.05) is 0 Å². The lowest BCUT2D eigenvalue weighted by Crippen LogP contribution is -2.54. The summed E-state index contributed by atoms with van der Waals surface area (Å²) in [7, 11) is -3.53. The van der Waals surface area contributed by atoms with Gasteiger partial charge >= 0.3 is 0 Å². The molecule has 0 spiro atoms. The Hall–Kier alpha value is -0.210. The molecule has 2 fully saturated rings. The van der Waals surface area contributed by atoms with Crippen molar-refractivity contribution in [2.24, 2.45) is 0 Å². The molecule has 6 nitrogen and oxygen atoms in total. The van der Waals surface area contributed by atoms with Crippen LogP contribution >= 0.6 is 0 Å². The molecule has 0 aromatic heterocycles. The fourth-order valence-electron chi connectivity index (χ4n) is 1.67. The first-order valence-electron chi connectivity index (χ1n) is 3.85. The molecule has 2 aliphatic heterocycles. The largest absolute Gasteiger partial charge is 0.388 e. The molecule has 0 aromatic carbocycles. The van der Waals surface area contributed by atoms with E-state index in [-0.39, 0.29) is 5.75 Å². The molecule has 76 valence electrons. The van der Waals surface area contributed by atoms with Crippen molar-refractivity contribution in [2.75, 3.05) is 5.75 Å². The van der Waals surface area contributed by atoms with E-state index in [1.54, 1.807) is 0 Å². The lowest BCUT2D eigenvalue weighted by molar-refractivity contribution is -0.184. The van der Waals surface area contributed by atoms with E-state index in [4.69, 9.17) is 4.74 Å². The second kappa shape index (κ2) is 2.64. The molecule has 2 rings (SSSR count). The predicted molar refractivity (Wildman–Crippen MR) is 40.5 cm³/mol. The van der Waals surface area contributed by atoms with Gasteiger partial charge in [-0.2, -0.15) is 0 Å². The highest BCUT2D eigenvalue weighted by Crippen LogP contribution is 2.32. The minimum absolute atomic E-state index is 0.340. The molecule has 2 bridgehead atoms. The highest BCUT2D eigenvalue weighted by molar-refractivity contribution is 7.92. The van der Waals surface area contributed by atoms with E-state index in [0.717, 1.165) is 0 Å². The number of hydrogen-bond donors (Lipinski definition) is 3. The Labute approximate surface area is 74.7 Å². The maximum Gasteiger partial charge on any atom is 0.187 e. The molecule has 0 unspecified atom stereocenters. The first kappa shape index (κ1) is 9.35. The molecule has 13 heavy (non-hydrogen) atoms. The summed E-state index contributed by atoms with van der Waals surface area (Å²) in [6, 6.07) is 0. The number of ether oxygens (including phenoxy) is 1. The van der Waals surface area contributed by atoms with Crippen molar-refractivity contribution >= 4 is 9.84 Å². The van der Waals surface area contributed by atoms with E-state index >= 15 is 0 Å². The summed E-state index contributed by atoms with van der Waals surface area (Å²) in [6.45, 7) is 0. The van der Waals surface area contributed by atoms with E-state index in [0.29, 0.717) is 0 Å². The Morgan fingerprint density at radius 2 is 1.69 bits per heavy atom. The van der Waals surface area contributed by atoms with E-state index in [1.165, 1.54) is 0 Å². The monoisotopic (exact) mass is 210 g/mol. The summed E-state index contributed by atoms with van der Waals surface area (Å²) < 4.78 is 27.3. The standard InChI is InChI=1S/C6H10O6S/c7-3-2-1-13(10,11)6(12-2)5(9)4(3)8/h2-9H,1H2/t2-,3-,4+,5-,6+/m1/s1. The number of aliphatic hydroxyl groups is 3. The molecule has 0 amide bonds. The van der Waals surface area contributed by atoms with Gasteiger partial charge in [0.1, 0.15) is 24.4 Å². The third-order valence-electron chi connectivity index (χ3n) is 2.42. The molecule has 2 saturated heterocycles. The topological polar surface area (TPSA) is 104 Å². The van der Waals surface area contributed by atoms with Crippen molar-refractivity contribution in [1.29, 1.82) is 0 Å². The maximum absolute atomic E-state index is 11.2. The zero-order valence-electron chi connectivity index (χ0n) is 6.57. The molecule has 3 N–H and O–H groups in total. The first-order chi connectivity index (χ1) is 5.93. The van der Waals surface area contributed by atoms with Crippen molar-refractivity contribution in [3.63, 3.8) is 0 Å². The molecule has 2 aliphatic rings. The highest BCUT2D eigenvalue weighted by atomic mass is 32.2. The van der Waals surface area contributed by atoms with Gasteiger partial charge in [0.15, 0.2) is 15.3 Å². The molecule has 2 heterocycles. The van der Waals surface area contributed by atoms with E-state index in [9.17, 15) is 23.7 Å². The van der Waals surface area contributed by atoms with Gasteiger partial charge in [0.2, 0.25) is 0 Å². The van der Waals surface area contributed by atoms with Crippen molar-refractivity contribution in [3.05, 3.63) is 0 Å². The average Bonchev–Trinajstić information content (AvgIpc) is 2.33. The average molecular weight is 210 g/mol. The molecule has 5 atom stereocenters. The van der Waals surface area contributed by atoms with Crippen LogP contribution in [0.15, 0.2) is 0 Å². The molecule has 0 aromatic rings. The number of sulfone groups is 1. The minimum atomic E-state index is -3.53. The Balaban J connectivity index is 2.38. The van der Waals surface area contributed by atoms with Gasteiger partial charge in [0.25, 0.3) is 0 Å². The Morgan fingerprint density at radius 1 is 1.08 bits per heavy atom. The Morgan fingerprint density at radius 3 is 2.31 bits per heavy atom. The van der Waals surface area contributed by atoms with Crippen LogP contribution < -0.4 is 0 Å². The number of fused-ring (bicyclic) bond motifs is 2. The van der Waals surface area contributed by atoms with Crippen LogP contribution in [0.1, 0.15) is 0 Å². The smallest absolute Gasteiger partial charge is 0.187 e. The summed E-state index contributed by atoms with van der Waals surface area (Å²) in [5, 5.41) is 27.7. The van der Waals surface area contributed by atoms with Crippen molar-refractivity contribution in [1.82, 2.24) is 0 Å². The molecular formula is C6H10O6S. The molecule has 0 radical (unpaired) electrons. The zero-order chi connectivity index (χ0) is 9.80. The van der Waals surface area contributed by atoms with Gasteiger partial charge in [-0.15, -0.1) is 0 Å². The molecule has 0 aliphatic carbocycles. The van der Waals surface area contributed by atoms with Crippen molar-refractivity contribution in [2.45, 2.75) is 29.9 Å². The van der Waals surface area contributed by atoms with Gasteiger partial charge < -0.3 is 20.1 Å². The summed E-state index contributed by atoms with van der Waals surface area (Å²) in [4.78, 5) is 0. The van der Waals surface area contributed by atoms with Crippen molar-refractivity contribution < 1.29 is 28.5 Å².